The molecule has 4 nitrogen and oxygen atoms in total. The van der Waals surface area contributed by atoms with E-state index in [0.717, 1.165) is 32.4 Å². The van der Waals surface area contributed by atoms with Gasteiger partial charge in [0.1, 0.15) is 0 Å². The minimum absolute atomic E-state index is 0.0434. The smallest absolute Gasteiger partial charge is 0.223 e. The van der Waals surface area contributed by atoms with Crippen LogP contribution in [-0.4, -0.2) is 31.7 Å². The summed E-state index contributed by atoms with van der Waals surface area (Å²) in [5.41, 5.74) is 5.36. The van der Waals surface area contributed by atoms with Crippen molar-refractivity contribution in [3.8, 4) is 0 Å². The first-order chi connectivity index (χ1) is 6.79. The third-order valence-corrected chi connectivity index (χ3v) is 3.35. The molecule has 2 aliphatic heterocycles. The molecule has 3 N–H and O–H groups in total. The number of carbonyl (C=O) groups is 1. The Hall–Kier alpha value is -0.610. The number of ether oxygens (including phenoxy) is 1. The van der Waals surface area contributed by atoms with Crippen molar-refractivity contribution in [2.75, 3.05) is 19.7 Å². The van der Waals surface area contributed by atoms with E-state index in [1.165, 1.54) is 0 Å². The molecular formula is C10H18N2O2. The first-order valence-electron chi connectivity index (χ1n) is 5.40. The molecule has 0 saturated carbocycles. The molecule has 4 heteroatoms. The average molecular weight is 198 g/mol. The molecule has 80 valence electrons. The molecule has 0 radical (unpaired) electrons. The van der Waals surface area contributed by atoms with Crippen LogP contribution in [0.25, 0.3) is 0 Å². The Kier molecular flexibility index (Phi) is 3.03. The molecule has 2 aliphatic rings. The van der Waals surface area contributed by atoms with Crippen LogP contribution in [0.2, 0.25) is 0 Å². The van der Waals surface area contributed by atoms with E-state index in [2.05, 4.69) is 5.32 Å². The van der Waals surface area contributed by atoms with E-state index in [1.807, 2.05) is 0 Å². The minimum Gasteiger partial charge on any atom is -0.377 e. The molecule has 0 aromatic heterocycles. The SMILES string of the molecule is NC(=O)[C@@H]1CCO[C@@H]1C1CCNCC1. The zero-order valence-corrected chi connectivity index (χ0v) is 8.37. The molecule has 14 heavy (non-hydrogen) atoms. The second kappa shape index (κ2) is 4.28. The molecular weight excluding hydrogens is 180 g/mol. The zero-order valence-electron chi connectivity index (χ0n) is 8.37. The second-order valence-electron chi connectivity index (χ2n) is 4.22. The number of hydrogen-bond donors (Lipinski definition) is 2. The number of hydrogen-bond acceptors (Lipinski definition) is 3. The quantitative estimate of drug-likeness (QED) is 0.650. The number of nitrogens with two attached hydrogens (primary N) is 1. The normalized spacial score (nSPS) is 34.6. The first-order valence-corrected chi connectivity index (χ1v) is 5.40. The van der Waals surface area contributed by atoms with Gasteiger partial charge >= 0.3 is 0 Å². The number of rotatable bonds is 2. The Labute approximate surface area is 84.2 Å². The van der Waals surface area contributed by atoms with E-state index in [-0.39, 0.29) is 17.9 Å². The predicted molar refractivity (Wildman–Crippen MR) is 52.6 cm³/mol. The van der Waals surface area contributed by atoms with E-state index in [4.69, 9.17) is 10.5 Å². The van der Waals surface area contributed by atoms with Crippen molar-refractivity contribution in [2.45, 2.75) is 25.4 Å². The van der Waals surface area contributed by atoms with Gasteiger partial charge < -0.3 is 15.8 Å². The fraction of sp³-hybridized carbons (Fsp3) is 0.900. The molecule has 0 spiro atoms. The molecule has 2 atom stereocenters. The number of piperidine rings is 1. The van der Waals surface area contributed by atoms with Gasteiger partial charge in [-0.3, -0.25) is 4.79 Å². The van der Waals surface area contributed by atoms with E-state index in [0.29, 0.717) is 12.5 Å². The van der Waals surface area contributed by atoms with Gasteiger partial charge in [0.2, 0.25) is 5.91 Å². The molecule has 1 amide bonds. The van der Waals surface area contributed by atoms with Crippen LogP contribution in [0.3, 0.4) is 0 Å². The van der Waals surface area contributed by atoms with Crippen LogP contribution < -0.4 is 11.1 Å². The van der Waals surface area contributed by atoms with Gasteiger partial charge in [-0.05, 0) is 38.3 Å². The fourth-order valence-electron chi connectivity index (χ4n) is 2.55. The predicted octanol–water partition coefficient (Wildman–Crippen LogP) is -0.124. The molecule has 0 aromatic rings. The van der Waals surface area contributed by atoms with Crippen LogP contribution in [0, 0.1) is 11.8 Å². The average Bonchev–Trinajstić information content (AvgIpc) is 2.67. The summed E-state index contributed by atoms with van der Waals surface area (Å²) in [6.45, 7) is 2.77. The topological polar surface area (TPSA) is 64.4 Å². The largest absolute Gasteiger partial charge is 0.377 e. The molecule has 2 rings (SSSR count). The molecule has 0 unspecified atom stereocenters. The van der Waals surface area contributed by atoms with Crippen molar-refractivity contribution in [1.29, 1.82) is 0 Å². The molecule has 0 aliphatic carbocycles. The van der Waals surface area contributed by atoms with E-state index in [9.17, 15) is 4.79 Å². The van der Waals surface area contributed by atoms with E-state index in [1.54, 1.807) is 0 Å². The highest BCUT2D eigenvalue weighted by atomic mass is 16.5. The lowest BCUT2D eigenvalue weighted by atomic mass is 9.84. The number of carbonyl (C=O) groups excluding carboxylic acids is 1. The summed E-state index contributed by atoms with van der Waals surface area (Å²) < 4.78 is 5.64. The van der Waals surface area contributed by atoms with Crippen LogP contribution >= 0.6 is 0 Å². The lowest BCUT2D eigenvalue weighted by Crippen LogP contribution is -2.40. The van der Waals surface area contributed by atoms with Gasteiger partial charge in [-0.1, -0.05) is 0 Å². The Bertz CT molecular complexity index is 214. The summed E-state index contributed by atoms with van der Waals surface area (Å²) >= 11 is 0. The first kappa shape index (κ1) is 9.93. The minimum atomic E-state index is -0.189. The van der Waals surface area contributed by atoms with Gasteiger partial charge in [0.25, 0.3) is 0 Å². The van der Waals surface area contributed by atoms with Crippen molar-refractivity contribution < 1.29 is 9.53 Å². The van der Waals surface area contributed by atoms with Gasteiger partial charge in [0.05, 0.1) is 12.0 Å². The highest BCUT2D eigenvalue weighted by Gasteiger charge is 2.38. The summed E-state index contributed by atoms with van der Waals surface area (Å²) in [4.78, 5) is 11.2. The molecule has 2 fully saturated rings. The van der Waals surface area contributed by atoms with Crippen LogP contribution in [0.1, 0.15) is 19.3 Å². The van der Waals surface area contributed by atoms with Crippen molar-refractivity contribution in [1.82, 2.24) is 5.32 Å². The Morgan fingerprint density at radius 1 is 1.29 bits per heavy atom. The maximum atomic E-state index is 11.2. The fourth-order valence-corrected chi connectivity index (χ4v) is 2.55. The Balaban J connectivity index is 1.97. The van der Waals surface area contributed by atoms with Crippen molar-refractivity contribution >= 4 is 5.91 Å². The van der Waals surface area contributed by atoms with Crippen molar-refractivity contribution in [3.05, 3.63) is 0 Å². The maximum Gasteiger partial charge on any atom is 0.223 e. The van der Waals surface area contributed by atoms with E-state index >= 15 is 0 Å². The lowest BCUT2D eigenvalue weighted by molar-refractivity contribution is -0.124. The van der Waals surface area contributed by atoms with Gasteiger partial charge in [0, 0.05) is 6.61 Å². The molecule has 0 bridgehead atoms. The lowest BCUT2D eigenvalue weighted by Gasteiger charge is -2.29. The molecule has 2 heterocycles. The molecule has 2 saturated heterocycles. The molecule has 0 aromatic carbocycles. The monoisotopic (exact) mass is 198 g/mol. The third kappa shape index (κ3) is 1.91. The number of nitrogens with one attached hydrogen (secondary N) is 1. The second-order valence-corrected chi connectivity index (χ2v) is 4.22. The Morgan fingerprint density at radius 3 is 2.64 bits per heavy atom. The van der Waals surface area contributed by atoms with Gasteiger partial charge in [0.15, 0.2) is 0 Å². The third-order valence-electron chi connectivity index (χ3n) is 3.35. The highest BCUT2D eigenvalue weighted by molar-refractivity contribution is 5.77. The summed E-state index contributed by atoms with van der Waals surface area (Å²) in [6.07, 6.45) is 3.11. The van der Waals surface area contributed by atoms with Gasteiger partial charge in [-0.15, -0.1) is 0 Å². The summed E-state index contributed by atoms with van der Waals surface area (Å²) in [5.74, 6) is 0.292. The summed E-state index contributed by atoms with van der Waals surface area (Å²) in [5, 5.41) is 3.31. The van der Waals surface area contributed by atoms with Crippen LogP contribution in [0.15, 0.2) is 0 Å². The Morgan fingerprint density at radius 2 is 2.00 bits per heavy atom. The number of primary amides is 1. The van der Waals surface area contributed by atoms with E-state index < -0.39 is 0 Å². The summed E-state index contributed by atoms with van der Waals surface area (Å²) in [7, 11) is 0. The van der Waals surface area contributed by atoms with Crippen LogP contribution in [-0.2, 0) is 9.53 Å². The zero-order chi connectivity index (χ0) is 9.97. The maximum absolute atomic E-state index is 11.2. The van der Waals surface area contributed by atoms with Gasteiger partial charge in [-0.2, -0.15) is 0 Å². The van der Waals surface area contributed by atoms with Crippen molar-refractivity contribution in [2.24, 2.45) is 17.6 Å². The van der Waals surface area contributed by atoms with Crippen molar-refractivity contribution in [3.63, 3.8) is 0 Å². The van der Waals surface area contributed by atoms with Crippen LogP contribution in [0.4, 0.5) is 0 Å². The highest BCUT2D eigenvalue weighted by Crippen LogP contribution is 2.31. The van der Waals surface area contributed by atoms with Crippen LogP contribution in [0.5, 0.6) is 0 Å². The summed E-state index contributed by atoms with van der Waals surface area (Å²) in [6, 6.07) is 0. The van der Waals surface area contributed by atoms with Gasteiger partial charge in [-0.25, -0.2) is 0 Å². The number of amides is 1. The standard InChI is InChI=1S/C10H18N2O2/c11-10(13)8-3-6-14-9(8)7-1-4-12-5-2-7/h7-9,12H,1-6H2,(H2,11,13)/t8-,9-/m1/s1.